The first-order valence-electron chi connectivity index (χ1n) is 7.21. The van der Waals surface area contributed by atoms with E-state index >= 15 is 0 Å². The molecule has 108 valence electrons. The zero-order chi connectivity index (χ0) is 14.8. The second-order valence-corrected chi connectivity index (χ2v) is 5.73. The van der Waals surface area contributed by atoms with Crippen LogP contribution in [-0.4, -0.2) is 37.3 Å². The molecule has 0 aromatic heterocycles. The number of benzene rings is 2. The molecule has 3 heteroatoms. The van der Waals surface area contributed by atoms with Gasteiger partial charge >= 0.3 is 0 Å². The van der Waals surface area contributed by atoms with E-state index in [0.29, 0.717) is 5.56 Å². The first-order chi connectivity index (χ1) is 10.1. The highest BCUT2D eigenvalue weighted by molar-refractivity contribution is 6.14. The first-order valence-corrected chi connectivity index (χ1v) is 7.21. The fourth-order valence-electron chi connectivity index (χ4n) is 2.88. The van der Waals surface area contributed by atoms with E-state index in [2.05, 4.69) is 11.0 Å². The lowest BCUT2D eigenvalue weighted by Crippen LogP contribution is -2.31. The predicted molar refractivity (Wildman–Crippen MR) is 84.5 cm³/mol. The van der Waals surface area contributed by atoms with Gasteiger partial charge in [0.25, 0.3) is 0 Å². The van der Waals surface area contributed by atoms with E-state index in [1.54, 1.807) is 6.07 Å². The van der Waals surface area contributed by atoms with Crippen molar-refractivity contribution in [2.75, 3.05) is 20.6 Å². The molecule has 1 atom stereocenters. The summed E-state index contributed by atoms with van der Waals surface area (Å²) in [5, 5.41) is 0. The van der Waals surface area contributed by atoms with E-state index in [4.69, 9.17) is 4.99 Å². The van der Waals surface area contributed by atoms with Crippen LogP contribution in [0.4, 0.5) is 4.39 Å². The summed E-state index contributed by atoms with van der Waals surface area (Å²) in [6.45, 7) is 0.867. The molecule has 3 rings (SSSR count). The molecule has 1 unspecified atom stereocenters. The van der Waals surface area contributed by atoms with Crippen molar-refractivity contribution in [3.8, 4) is 0 Å². The molecule has 0 amide bonds. The van der Waals surface area contributed by atoms with Crippen molar-refractivity contribution in [1.29, 1.82) is 0 Å². The molecular formula is C18H19FN2. The maximum atomic E-state index is 14.2. The quantitative estimate of drug-likeness (QED) is 0.844. The van der Waals surface area contributed by atoms with Gasteiger partial charge in [-0.1, -0.05) is 36.4 Å². The van der Waals surface area contributed by atoms with Crippen molar-refractivity contribution in [3.05, 3.63) is 71.0 Å². The van der Waals surface area contributed by atoms with Crippen LogP contribution in [0.2, 0.25) is 0 Å². The van der Waals surface area contributed by atoms with Crippen LogP contribution in [0.15, 0.2) is 53.5 Å². The number of likely N-dealkylation sites (N-methyl/N-ethyl adjacent to an activating group) is 1. The molecule has 0 fully saturated rings. The van der Waals surface area contributed by atoms with Gasteiger partial charge in [-0.3, -0.25) is 4.99 Å². The van der Waals surface area contributed by atoms with Gasteiger partial charge in [0, 0.05) is 17.7 Å². The van der Waals surface area contributed by atoms with Crippen molar-refractivity contribution in [3.63, 3.8) is 0 Å². The third kappa shape index (κ3) is 2.88. The normalized spacial score (nSPS) is 17.5. The SMILES string of the molecule is CN(C)CC1Cc2ccccc2C(c2ccccc2F)=N1. The molecule has 1 heterocycles. The van der Waals surface area contributed by atoms with Crippen LogP contribution in [0.25, 0.3) is 0 Å². The minimum atomic E-state index is -0.212. The van der Waals surface area contributed by atoms with Gasteiger partial charge in [0.2, 0.25) is 0 Å². The molecule has 1 aliphatic rings. The third-order valence-electron chi connectivity index (χ3n) is 3.74. The summed E-state index contributed by atoms with van der Waals surface area (Å²) in [4.78, 5) is 6.96. The van der Waals surface area contributed by atoms with Crippen LogP contribution in [0, 0.1) is 5.82 Å². The average molecular weight is 282 g/mol. The highest BCUT2D eigenvalue weighted by Crippen LogP contribution is 2.25. The zero-order valence-electron chi connectivity index (χ0n) is 12.4. The van der Waals surface area contributed by atoms with E-state index in [9.17, 15) is 4.39 Å². The Labute approximate surface area is 124 Å². The Bertz CT molecular complexity index is 676. The molecule has 1 aliphatic heterocycles. The maximum Gasteiger partial charge on any atom is 0.132 e. The van der Waals surface area contributed by atoms with Gasteiger partial charge in [0.1, 0.15) is 5.82 Å². The number of nitrogens with zero attached hydrogens (tertiary/aromatic N) is 2. The van der Waals surface area contributed by atoms with E-state index in [-0.39, 0.29) is 11.9 Å². The minimum absolute atomic E-state index is 0.171. The summed E-state index contributed by atoms with van der Waals surface area (Å²) in [6.07, 6.45) is 0.909. The van der Waals surface area contributed by atoms with Crippen molar-refractivity contribution in [2.45, 2.75) is 12.5 Å². The fraction of sp³-hybridized carbons (Fsp3) is 0.278. The van der Waals surface area contributed by atoms with Crippen LogP contribution >= 0.6 is 0 Å². The van der Waals surface area contributed by atoms with Crippen LogP contribution < -0.4 is 0 Å². The number of hydrogen-bond acceptors (Lipinski definition) is 2. The summed E-state index contributed by atoms with van der Waals surface area (Å²) in [5.74, 6) is -0.212. The molecule has 0 saturated heterocycles. The number of rotatable bonds is 3. The zero-order valence-corrected chi connectivity index (χ0v) is 12.4. The lowest BCUT2D eigenvalue weighted by molar-refractivity contribution is 0.371. The Morgan fingerprint density at radius 2 is 1.71 bits per heavy atom. The van der Waals surface area contributed by atoms with Crippen molar-refractivity contribution in [1.82, 2.24) is 4.90 Å². The van der Waals surface area contributed by atoms with Crippen molar-refractivity contribution >= 4 is 5.71 Å². The van der Waals surface area contributed by atoms with Crippen LogP contribution in [0.3, 0.4) is 0 Å². The smallest absolute Gasteiger partial charge is 0.132 e. The minimum Gasteiger partial charge on any atom is -0.307 e. The molecule has 0 spiro atoms. The Morgan fingerprint density at radius 1 is 1.05 bits per heavy atom. The Morgan fingerprint density at radius 3 is 2.43 bits per heavy atom. The predicted octanol–water partition coefficient (Wildman–Crippen LogP) is 3.15. The standard InChI is InChI=1S/C18H19FN2/c1-21(2)12-14-11-13-7-3-4-8-15(13)18(20-14)16-9-5-6-10-17(16)19/h3-10,14H,11-12H2,1-2H3. The van der Waals surface area contributed by atoms with Crippen LogP contribution in [0.1, 0.15) is 16.7 Å². The summed E-state index contributed by atoms with van der Waals surface area (Å²) in [5.41, 5.74) is 3.67. The van der Waals surface area contributed by atoms with E-state index in [0.717, 1.165) is 24.2 Å². The molecule has 21 heavy (non-hydrogen) atoms. The second kappa shape index (κ2) is 5.78. The van der Waals surface area contributed by atoms with Gasteiger partial charge in [-0.05, 0) is 38.2 Å². The van der Waals surface area contributed by atoms with E-state index in [1.165, 1.54) is 11.6 Å². The van der Waals surface area contributed by atoms with E-state index in [1.807, 2.05) is 44.4 Å². The molecular weight excluding hydrogens is 263 g/mol. The number of hydrogen-bond donors (Lipinski definition) is 0. The van der Waals surface area contributed by atoms with Gasteiger partial charge < -0.3 is 4.90 Å². The molecule has 0 aliphatic carbocycles. The van der Waals surface area contributed by atoms with Gasteiger partial charge in [0.15, 0.2) is 0 Å². The highest BCUT2D eigenvalue weighted by Gasteiger charge is 2.23. The largest absolute Gasteiger partial charge is 0.307 e. The first kappa shape index (κ1) is 14.0. The number of aliphatic imine (C=N–C) groups is 1. The van der Waals surface area contributed by atoms with Gasteiger partial charge in [-0.25, -0.2) is 4.39 Å². The molecule has 2 aromatic rings. The van der Waals surface area contributed by atoms with Crippen LogP contribution in [-0.2, 0) is 6.42 Å². The molecule has 0 N–H and O–H groups in total. The molecule has 2 aromatic carbocycles. The Kier molecular flexibility index (Phi) is 3.84. The topological polar surface area (TPSA) is 15.6 Å². The Balaban J connectivity index is 2.09. The monoisotopic (exact) mass is 282 g/mol. The lowest BCUT2D eigenvalue weighted by Gasteiger charge is -2.26. The fourth-order valence-corrected chi connectivity index (χ4v) is 2.88. The molecule has 0 bridgehead atoms. The van der Waals surface area contributed by atoms with Gasteiger partial charge in [-0.15, -0.1) is 0 Å². The Hall–Kier alpha value is -2.00. The molecule has 2 nitrogen and oxygen atoms in total. The summed E-state index contributed by atoms with van der Waals surface area (Å²) >= 11 is 0. The lowest BCUT2D eigenvalue weighted by atomic mass is 9.90. The van der Waals surface area contributed by atoms with Crippen molar-refractivity contribution in [2.24, 2.45) is 4.99 Å². The van der Waals surface area contributed by atoms with Gasteiger partial charge in [-0.2, -0.15) is 0 Å². The number of fused-ring (bicyclic) bond motifs is 1. The van der Waals surface area contributed by atoms with Crippen molar-refractivity contribution < 1.29 is 4.39 Å². The number of halogens is 1. The highest BCUT2D eigenvalue weighted by atomic mass is 19.1. The molecule has 0 saturated carbocycles. The second-order valence-electron chi connectivity index (χ2n) is 5.73. The van der Waals surface area contributed by atoms with Crippen LogP contribution in [0.5, 0.6) is 0 Å². The summed E-state index contributed by atoms with van der Waals surface area (Å²) in [7, 11) is 4.08. The molecule has 0 radical (unpaired) electrons. The summed E-state index contributed by atoms with van der Waals surface area (Å²) in [6, 6.07) is 15.2. The third-order valence-corrected chi connectivity index (χ3v) is 3.74. The summed E-state index contributed by atoms with van der Waals surface area (Å²) < 4.78 is 14.2. The maximum absolute atomic E-state index is 14.2. The van der Waals surface area contributed by atoms with E-state index < -0.39 is 0 Å². The average Bonchev–Trinajstić information content (AvgIpc) is 2.46. The van der Waals surface area contributed by atoms with Gasteiger partial charge in [0.05, 0.1) is 11.8 Å².